The van der Waals surface area contributed by atoms with Gasteiger partial charge in [0, 0.05) is 18.0 Å². The summed E-state index contributed by atoms with van der Waals surface area (Å²) in [6.45, 7) is 2.12. The van der Waals surface area contributed by atoms with Gasteiger partial charge in [0.1, 0.15) is 23.5 Å². The Bertz CT molecular complexity index is 1000. The Hall–Kier alpha value is -3.20. The van der Waals surface area contributed by atoms with Crippen molar-refractivity contribution >= 4 is 0 Å². The van der Waals surface area contributed by atoms with Gasteiger partial charge in [0.05, 0.1) is 11.1 Å². The Morgan fingerprint density at radius 2 is 1.54 bits per heavy atom. The van der Waals surface area contributed by atoms with Gasteiger partial charge in [-0.3, -0.25) is 0 Å². The van der Waals surface area contributed by atoms with E-state index < -0.39 is 17.5 Å². The van der Waals surface area contributed by atoms with Crippen molar-refractivity contribution in [3.63, 3.8) is 0 Å². The van der Waals surface area contributed by atoms with E-state index in [1.165, 1.54) is 12.1 Å². The Labute approximate surface area is 161 Å². The average Bonchev–Trinajstić information content (AvgIpc) is 2.68. The number of hydrogen-bond acceptors (Lipinski definition) is 3. The molecule has 0 amide bonds. The Morgan fingerprint density at radius 1 is 0.893 bits per heavy atom. The van der Waals surface area contributed by atoms with Crippen molar-refractivity contribution in [2.24, 2.45) is 0 Å². The number of nitriles is 1. The molecule has 0 saturated carbocycles. The standard InChI is InChI=1S/C22H18F3N3/c1-2-3-4-5-14-12-27-22(28-13-14)17-9-19(24)21(20(25)10-17)15-6-7-16(11-26)18(23)8-15/h6-10,12-13H,2-5H2,1H3. The summed E-state index contributed by atoms with van der Waals surface area (Å²) in [6, 6.07) is 7.37. The molecule has 3 nitrogen and oxygen atoms in total. The van der Waals surface area contributed by atoms with Crippen molar-refractivity contribution in [1.82, 2.24) is 9.97 Å². The molecule has 0 spiro atoms. The van der Waals surface area contributed by atoms with Crippen molar-refractivity contribution < 1.29 is 13.2 Å². The molecule has 142 valence electrons. The van der Waals surface area contributed by atoms with Crippen LogP contribution in [0.2, 0.25) is 0 Å². The van der Waals surface area contributed by atoms with Gasteiger partial charge < -0.3 is 0 Å². The summed E-state index contributed by atoms with van der Waals surface area (Å²) in [4.78, 5) is 8.42. The zero-order valence-corrected chi connectivity index (χ0v) is 15.3. The predicted molar refractivity (Wildman–Crippen MR) is 101 cm³/mol. The smallest absolute Gasteiger partial charge is 0.159 e. The summed E-state index contributed by atoms with van der Waals surface area (Å²) >= 11 is 0. The van der Waals surface area contributed by atoms with Crippen LogP contribution >= 0.6 is 0 Å². The molecule has 0 aliphatic rings. The second-order valence-corrected chi connectivity index (χ2v) is 6.49. The fourth-order valence-electron chi connectivity index (χ4n) is 2.95. The van der Waals surface area contributed by atoms with Gasteiger partial charge in [0.25, 0.3) is 0 Å². The highest BCUT2D eigenvalue weighted by atomic mass is 19.1. The minimum absolute atomic E-state index is 0.0187. The fourth-order valence-corrected chi connectivity index (χ4v) is 2.95. The van der Waals surface area contributed by atoms with Crippen LogP contribution in [-0.2, 0) is 6.42 Å². The molecule has 1 heterocycles. The molecule has 0 N–H and O–H groups in total. The fraction of sp³-hybridized carbons (Fsp3) is 0.227. The monoisotopic (exact) mass is 381 g/mol. The first-order chi connectivity index (χ1) is 13.5. The number of nitrogens with zero attached hydrogens (tertiary/aromatic N) is 3. The molecular weight excluding hydrogens is 363 g/mol. The van der Waals surface area contributed by atoms with E-state index in [1.54, 1.807) is 18.5 Å². The minimum Gasteiger partial charge on any atom is -0.236 e. The van der Waals surface area contributed by atoms with Crippen LogP contribution in [0.25, 0.3) is 22.5 Å². The lowest BCUT2D eigenvalue weighted by molar-refractivity contribution is 0.589. The van der Waals surface area contributed by atoms with E-state index >= 15 is 0 Å². The van der Waals surface area contributed by atoms with Crippen molar-refractivity contribution in [2.75, 3.05) is 0 Å². The number of unbranched alkanes of at least 4 members (excludes halogenated alkanes) is 2. The van der Waals surface area contributed by atoms with Crippen molar-refractivity contribution in [3.8, 4) is 28.6 Å². The van der Waals surface area contributed by atoms with Crippen LogP contribution in [0.3, 0.4) is 0 Å². The van der Waals surface area contributed by atoms with Gasteiger partial charge in [-0.05, 0) is 48.2 Å². The molecule has 6 heteroatoms. The van der Waals surface area contributed by atoms with E-state index in [1.807, 2.05) is 0 Å². The first kappa shape index (κ1) is 19.6. The maximum absolute atomic E-state index is 14.6. The second kappa shape index (κ2) is 8.66. The highest BCUT2D eigenvalue weighted by Crippen LogP contribution is 2.31. The third-order valence-corrected chi connectivity index (χ3v) is 4.45. The van der Waals surface area contributed by atoms with Gasteiger partial charge in [-0.25, -0.2) is 23.1 Å². The highest BCUT2D eigenvalue weighted by Gasteiger charge is 2.17. The van der Waals surface area contributed by atoms with E-state index in [2.05, 4.69) is 16.9 Å². The van der Waals surface area contributed by atoms with Crippen LogP contribution in [0.4, 0.5) is 13.2 Å². The highest BCUT2D eigenvalue weighted by molar-refractivity contribution is 5.70. The molecule has 0 radical (unpaired) electrons. The summed E-state index contributed by atoms with van der Waals surface area (Å²) in [6.07, 6.45) is 7.47. The van der Waals surface area contributed by atoms with Crippen LogP contribution in [-0.4, -0.2) is 9.97 Å². The molecule has 0 aliphatic carbocycles. The lowest BCUT2D eigenvalue weighted by Gasteiger charge is -2.09. The lowest BCUT2D eigenvalue weighted by atomic mass is 10.0. The Morgan fingerprint density at radius 3 is 2.11 bits per heavy atom. The molecule has 2 aromatic carbocycles. The summed E-state index contributed by atoms with van der Waals surface area (Å²) in [5.74, 6) is -2.32. The van der Waals surface area contributed by atoms with E-state index in [-0.39, 0.29) is 28.1 Å². The molecule has 3 aromatic rings. The molecule has 3 rings (SSSR count). The number of rotatable bonds is 6. The van der Waals surface area contributed by atoms with E-state index in [0.29, 0.717) is 0 Å². The zero-order chi connectivity index (χ0) is 20.1. The van der Waals surface area contributed by atoms with Gasteiger partial charge in [-0.15, -0.1) is 0 Å². The summed E-state index contributed by atoms with van der Waals surface area (Å²) in [7, 11) is 0. The third kappa shape index (κ3) is 4.20. The molecular formula is C22H18F3N3. The van der Waals surface area contributed by atoms with Crippen molar-refractivity contribution in [3.05, 3.63) is 71.3 Å². The summed E-state index contributed by atoms with van der Waals surface area (Å²) in [5.41, 5.74) is 0.651. The lowest BCUT2D eigenvalue weighted by Crippen LogP contribution is -1.97. The summed E-state index contributed by atoms with van der Waals surface area (Å²) in [5, 5.41) is 8.78. The van der Waals surface area contributed by atoms with Crippen LogP contribution in [0.5, 0.6) is 0 Å². The number of benzene rings is 2. The SMILES string of the molecule is CCCCCc1cnc(-c2cc(F)c(-c3ccc(C#N)c(F)c3)c(F)c2)nc1. The third-order valence-electron chi connectivity index (χ3n) is 4.45. The number of aryl methyl sites for hydroxylation is 1. The molecule has 1 aromatic heterocycles. The minimum atomic E-state index is -0.852. The van der Waals surface area contributed by atoms with E-state index in [4.69, 9.17) is 5.26 Å². The first-order valence-corrected chi connectivity index (χ1v) is 9.03. The van der Waals surface area contributed by atoms with Crippen LogP contribution in [0.1, 0.15) is 37.3 Å². The first-order valence-electron chi connectivity index (χ1n) is 9.03. The normalized spacial score (nSPS) is 10.7. The molecule has 0 fully saturated rings. The van der Waals surface area contributed by atoms with Gasteiger partial charge in [-0.1, -0.05) is 25.8 Å². The number of hydrogen-bond donors (Lipinski definition) is 0. The second-order valence-electron chi connectivity index (χ2n) is 6.49. The average molecular weight is 381 g/mol. The molecule has 0 unspecified atom stereocenters. The maximum Gasteiger partial charge on any atom is 0.159 e. The number of aromatic nitrogens is 2. The van der Waals surface area contributed by atoms with Gasteiger partial charge in [0.2, 0.25) is 0 Å². The Balaban J connectivity index is 1.90. The van der Waals surface area contributed by atoms with E-state index in [0.717, 1.165) is 49.4 Å². The largest absolute Gasteiger partial charge is 0.236 e. The van der Waals surface area contributed by atoms with Crippen LogP contribution in [0.15, 0.2) is 42.7 Å². The summed E-state index contributed by atoms with van der Waals surface area (Å²) < 4.78 is 43.0. The van der Waals surface area contributed by atoms with Crippen molar-refractivity contribution in [2.45, 2.75) is 32.6 Å². The topological polar surface area (TPSA) is 49.6 Å². The van der Waals surface area contributed by atoms with Gasteiger partial charge in [-0.2, -0.15) is 5.26 Å². The van der Waals surface area contributed by atoms with Gasteiger partial charge >= 0.3 is 0 Å². The Kier molecular flexibility index (Phi) is 6.05. The zero-order valence-electron chi connectivity index (χ0n) is 15.3. The number of halogens is 3. The quantitative estimate of drug-likeness (QED) is 0.505. The van der Waals surface area contributed by atoms with E-state index in [9.17, 15) is 13.2 Å². The molecule has 0 saturated heterocycles. The van der Waals surface area contributed by atoms with Crippen LogP contribution in [0, 0.1) is 28.8 Å². The molecule has 0 aliphatic heterocycles. The van der Waals surface area contributed by atoms with Crippen molar-refractivity contribution in [1.29, 1.82) is 5.26 Å². The maximum atomic E-state index is 14.6. The van der Waals surface area contributed by atoms with Gasteiger partial charge in [0.15, 0.2) is 5.82 Å². The molecule has 0 bridgehead atoms. The van der Waals surface area contributed by atoms with Crippen LogP contribution < -0.4 is 0 Å². The molecule has 28 heavy (non-hydrogen) atoms. The molecule has 0 atom stereocenters. The predicted octanol–water partition coefficient (Wildman–Crippen LogP) is 5.83.